The highest BCUT2D eigenvalue weighted by Crippen LogP contribution is 2.26. The lowest BCUT2D eigenvalue weighted by Gasteiger charge is -2.36. The number of nitrogens with zero attached hydrogens (tertiary/aromatic N) is 2. The van der Waals surface area contributed by atoms with Gasteiger partial charge in [-0.15, -0.1) is 0 Å². The summed E-state index contributed by atoms with van der Waals surface area (Å²) >= 11 is 6.24. The lowest BCUT2D eigenvalue weighted by Crippen LogP contribution is -2.50. The van der Waals surface area contributed by atoms with E-state index in [-0.39, 0.29) is 18.1 Å². The largest absolute Gasteiger partial charge is 0.368 e. The van der Waals surface area contributed by atoms with E-state index in [4.69, 9.17) is 11.6 Å². The summed E-state index contributed by atoms with van der Waals surface area (Å²) in [7, 11) is 0. The SMILES string of the molecule is Cc1cccc(Cl)c1NC(=O)N1CCN(c2ccc(NC(=O)NC3CCCCC3)cc2)CC1. The van der Waals surface area contributed by atoms with Gasteiger partial charge in [0.2, 0.25) is 0 Å². The van der Waals surface area contributed by atoms with Crippen molar-refractivity contribution in [1.82, 2.24) is 10.2 Å². The van der Waals surface area contributed by atoms with Gasteiger partial charge in [-0.1, -0.05) is 43.0 Å². The molecule has 0 atom stereocenters. The molecule has 7 nitrogen and oxygen atoms in total. The minimum Gasteiger partial charge on any atom is -0.368 e. The Morgan fingerprint density at radius 2 is 1.61 bits per heavy atom. The van der Waals surface area contributed by atoms with Crippen LogP contribution >= 0.6 is 11.6 Å². The molecule has 1 saturated carbocycles. The highest BCUT2D eigenvalue weighted by atomic mass is 35.5. The molecule has 8 heteroatoms. The monoisotopic (exact) mass is 469 g/mol. The van der Waals surface area contributed by atoms with Crippen LogP contribution in [0, 0.1) is 6.92 Å². The van der Waals surface area contributed by atoms with Crippen molar-refractivity contribution in [1.29, 1.82) is 0 Å². The number of anilines is 3. The normalized spacial score (nSPS) is 16.9. The number of urea groups is 2. The number of hydrogen-bond acceptors (Lipinski definition) is 3. The predicted octanol–water partition coefficient (Wildman–Crippen LogP) is 5.46. The number of hydrogen-bond donors (Lipinski definition) is 3. The topological polar surface area (TPSA) is 76.7 Å². The van der Waals surface area contributed by atoms with Gasteiger partial charge in [0.15, 0.2) is 0 Å². The highest BCUT2D eigenvalue weighted by molar-refractivity contribution is 6.33. The lowest BCUT2D eigenvalue weighted by molar-refractivity contribution is 0.208. The molecule has 2 aliphatic rings. The second-order valence-corrected chi connectivity index (χ2v) is 9.22. The summed E-state index contributed by atoms with van der Waals surface area (Å²) in [5.41, 5.74) is 3.47. The molecular formula is C25H32ClN5O2. The minimum absolute atomic E-state index is 0.130. The summed E-state index contributed by atoms with van der Waals surface area (Å²) in [5.74, 6) is 0. The quantitative estimate of drug-likeness (QED) is 0.556. The summed E-state index contributed by atoms with van der Waals surface area (Å²) in [5, 5.41) is 9.50. The molecule has 0 aromatic heterocycles. The number of benzene rings is 2. The minimum atomic E-state index is -0.136. The van der Waals surface area contributed by atoms with Crippen molar-refractivity contribution in [2.45, 2.75) is 45.1 Å². The van der Waals surface area contributed by atoms with Gasteiger partial charge in [0.1, 0.15) is 0 Å². The predicted molar refractivity (Wildman–Crippen MR) is 134 cm³/mol. The van der Waals surface area contributed by atoms with Crippen LogP contribution < -0.4 is 20.9 Å². The number of nitrogens with one attached hydrogen (secondary N) is 3. The summed E-state index contributed by atoms with van der Waals surface area (Å²) < 4.78 is 0. The Balaban J connectivity index is 1.25. The average Bonchev–Trinajstić information content (AvgIpc) is 2.82. The number of carbonyl (C=O) groups excluding carboxylic acids is 2. The number of rotatable bonds is 4. The van der Waals surface area contributed by atoms with Gasteiger partial charge in [0, 0.05) is 43.6 Å². The van der Waals surface area contributed by atoms with Gasteiger partial charge < -0.3 is 25.8 Å². The van der Waals surface area contributed by atoms with Crippen LogP contribution in [0.4, 0.5) is 26.7 Å². The second-order valence-electron chi connectivity index (χ2n) is 8.82. The first kappa shape index (κ1) is 23.2. The van der Waals surface area contributed by atoms with E-state index in [1.807, 2.05) is 48.2 Å². The van der Waals surface area contributed by atoms with Crippen molar-refractivity contribution < 1.29 is 9.59 Å². The van der Waals surface area contributed by atoms with Gasteiger partial charge in [-0.2, -0.15) is 0 Å². The number of para-hydroxylation sites is 1. The number of aryl methyl sites for hydroxylation is 1. The molecule has 1 heterocycles. The zero-order valence-corrected chi connectivity index (χ0v) is 19.8. The Hall–Kier alpha value is -2.93. The molecule has 4 amide bonds. The fourth-order valence-corrected chi connectivity index (χ4v) is 4.77. The van der Waals surface area contributed by atoms with E-state index in [9.17, 15) is 9.59 Å². The second kappa shape index (κ2) is 10.8. The molecule has 2 aromatic rings. The third-order valence-corrected chi connectivity index (χ3v) is 6.77. The Labute approximate surface area is 200 Å². The number of carbonyl (C=O) groups is 2. The van der Waals surface area contributed by atoms with Crippen molar-refractivity contribution in [2.24, 2.45) is 0 Å². The Morgan fingerprint density at radius 1 is 0.909 bits per heavy atom. The highest BCUT2D eigenvalue weighted by Gasteiger charge is 2.22. The number of halogens is 1. The molecule has 1 aliphatic heterocycles. The van der Waals surface area contributed by atoms with E-state index >= 15 is 0 Å². The fourth-order valence-electron chi connectivity index (χ4n) is 4.50. The average molecular weight is 470 g/mol. The van der Waals surface area contributed by atoms with Crippen molar-refractivity contribution in [2.75, 3.05) is 41.7 Å². The van der Waals surface area contributed by atoms with Gasteiger partial charge in [-0.3, -0.25) is 0 Å². The van der Waals surface area contributed by atoms with Crippen LogP contribution in [0.1, 0.15) is 37.7 Å². The van der Waals surface area contributed by atoms with Crippen LogP contribution in [0.15, 0.2) is 42.5 Å². The molecule has 0 spiro atoms. The van der Waals surface area contributed by atoms with E-state index in [1.54, 1.807) is 6.07 Å². The van der Waals surface area contributed by atoms with E-state index in [2.05, 4.69) is 20.9 Å². The first-order valence-electron chi connectivity index (χ1n) is 11.7. The van der Waals surface area contributed by atoms with E-state index in [1.165, 1.54) is 19.3 Å². The van der Waals surface area contributed by atoms with Crippen molar-refractivity contribution in [3.8, 4) is 0 Å². The molecule has 0 bridgehead atoms. The van der Waals surface area contributed by atoms with E-state index in [0.29, 0.717) is 23.8 Å². The van der Waals surface area contributed by atoms with Gasteiger partial charge in [-0.05, 0) is 55.7 Å². The summed E-state index contributed by atoms with van der Waals surface area (Å²) in [4.78, 5) is 29.0. The molecule has 2 aromatic carbocycles. The summed E-state index contributed by atoms with van der Waals surface area (Å²) in [6, 6.07) is 13.5. The van der Waals surface area contributed by atoms with E-state index < -0.39 is 0 Å². The Morgan fingerprint density at radius 3 is 2.27 bits per heavy atom. The molecule has 3 N–H and O–H groups in total. The van der Waals surface area contributed by atoms with Gasteiger partial charge in [-0.25, -0.2) is 9.59 Å². The number of amides is 4. The third kappa shape index (κ3) is 6.11. The zero-order chi connectivity index (χ0) is 23.2. The van der Waals surface area contributed by atoms with Gasteiger partial charge in [0.05, 0.1) is 10.7 Å². The molecule has 1 aliphatic carbocycles. The fraction of sp³-hybridized carbons (Fsp3) is 0.440. The van der Waals surface area contributed by atoms with Crippen LogP contribution in [-0.4, -0.2) is 49.2 Å². The molecule has 176 valence electrons. The van der Waals surface area contributed by atoms with Crippen molar-refractivity contribution >= 4 is 40.7 Å². The maximum atomic E-state index is 12.7. The molecule has 0 unspecified atom stereocenters. The van der Waals surface area contributed by atoms with Crippen molar-refractivity contribution in [3.05, 3.63) is 53.1 Å². The van der Waals surface area contributed by atoms with E-state index in [0.717, 1.165) is 42.9 Å². The first-order chi connectivity index (χ1) is 16.0. The van der Waals surface area contributed by atoms with Crippen molar-refractivity contribution in [3.63, 3.8) is 0 Å². The molecular weight excluding hydrogens is 438 g/mol. The zero-order valence-electron chi connectivity index (χ0n) is 19.1. The lowest BCUT2D eigenvalue weighted by atomic mass is 9.96. The molecule has 1 saturated heterocycles. The molecule has 0 radical (unpaired) electrons. The van der Waals surface area contributed by atoms with Crippen LogP contribution in [0.3, 0.4) is 0 Å². The van der Waals surface area contributed by atoms with Crippen LogP contribution in [0.2, 0.25) is 5.02 Å². The standard InChI is InChI=1S/C25H32ClN5O2/c1-18-6-5-9-22(26)23(18)29-25(33)31-16-14-30(15-17-31)21-12-10-20(11-13-21)28-24(32)27-19-7-3-2-4-8-19/h5-6,9-13,19H,2-4,7-8,14-17H2,1H3,(H,29,33)(H2,27,28,32). The smallest absolute Gasteiger partial charge is 0.322 e. The summed E-state index contributed by atoms with van der Waals surface area (Å²) in [6.07, 6.45) is 5.77. The Bertz CT molecular complexity index is 947. The van der Waals surface area contributed by atoms with Crippen LogP contribution in [-0.2, 0) is 0 Å². The number of piperazine rings is 1. The van der Waals surface area contributed by atoms with Gasteiger partial charge >= 0.3 is 12.1 Å². The Kier molecular flexibility index (Phi) is 7.60. The van der Waals surface area contributed by atoms with Crippen LogP contribution in [0.25, 0.3) is 0 Å². The molecule has 2 fully saturated rings. The maximum absolute atomic E-state index is 12.7. The third-order valence-electron chi connectivity index (χ3n) is 6.45. The maximum Gasteiger partial charge on any atom is 0.322 e. The summed E-state index contributed by atoms with van der Waals surface area (Å²) in [6.45, 7) is 4.66. The first-order valence-corrected chi connectivity index (χ1v) is 12.1. The molecule has 33 heavy (non-hydrogen) atoms. The van der Waals surface area contributed by atoms with Crippen LogP contribution in [0.5, 0.6) is 0 Å². The van der Waals surface area contributed by atoms with Gasteiger partial charge in [0.25, 0.3) is 0 Å². The molecule has 4 rings (SSSR count).